The van der Waals surface area contributed by atoms with Crippen LogP contribution in [0.15, 0.2) is 28.7 Å². The summed E-state index contributed by atoms with van der Waals surface area (Å²) < 4.78 is 1.14. The fraction of sp³-hybridized carbons (Fsp3) is 0.625. The zero-order valence-electron chi connectivity index (χ0n) is 12.5. The Bertz CT molecular complexity index is 373. The van der Waals surface area contributed by atoms with Gasteiger partial charge in [-0.25, -0.2) is 0 Å². The van der Waals surface area contributed by atoms with Crippen molar-refractivity contribution in [3.05, 3.63) is 34.3 Å². The number of rotatable bonds is 8. The van der Waals surface area contributed by atoms with Gasteiger partial charge in [-0.1, -0.05) is 54.8 Å². The molecule has 2 nitrogen and oxygen atoms in total. The predicted molar refractivity (Wildman–Crippen MR) is 87.2 cm³/mol. The lowest BCUT2D eigenvalue weighted by Crippen LogP contribution is -2.51. The number of nitrogens with zero attached hydrogens (tertiary/aromatic N) is 1. The molecule has 0 aliphatic carbocycles. The van der Waals surface area contributed by atoms with E-state index in [9.17, 15) is 0 Å². The number of halogens is 1. The van der Waals surface area contributed by atoms with Gasteiger partial charge in [-0.15, -0.1) is 0 Å². The Morgan fingerprint density at radius 2 is 1.84 bits per heavy atom. The number of hydrogen-bond acceptors (Lipinski definition) is 2. The standard InChI is InChI=1S/C16H27BrN2/c1-4-9-16(13-18,10-5-2)19(3)12-14-7-6-8-15(17)11-14/h6-8,11H,4-5,9-10,12-13,18H2,1-3H3. The molecular weight excluding hydrogens is 300 g/mol. The van der Waals surface area contributed by atoms with E-state index in [0.29, 0.717) is 0 Å². The third-order valence-corrected chi connectivity index (χ3v) is 4.42. The van der Waals surface area contributed by atoms with E-state index in [1.165, 1.54) is 31.2 Å². The topological polar surface area (TPSA) is 29.3 Å². The van der Waals surface area contributed by atoms with Gasteiger partial charge in [0.05, 0.1) is 0 Å². The maximum Gasteiger partial charge on any atom is 0.0332 e. The lowest BCUT2D eigenvalue weighted by atomic mass is 9.86. The maximum absolute atomic E-state index is 6.11. The number of nitrogens with two attached hydrogens (primary N) is 1. The van der Waals surface area contributed by atoms with E-state index in [2.05, 4.69) is 66.0 Å². The summed E-state index contributed by atoms with van der Waals surface area (Å²) in [4.78, 5) is 2.45. The molecule has 0 heterocycles. The molecule has 0 aromatic heterocycles. The van der Waals surface area contributed by atoms with Gasteiger partial charge in [0.15, 0.2) is 0 Å². The number of hydrogen-bond donors (Lipinski definition) is 1. The smallest absolute Gasteiger partial charge is 0.0332 e. The minimum Gasteiger partial charge on any atom is -0.329 e. The molecule has 1 aromatic rings. The van der Waals surface area contributed by atoms with Crippen LogP contribution in [0.2, 0.25) is 0 Å². The van der Waals surface area contributed by atoms with Crippen molar-refractivity contribution in [3.8, 4) is 0 Å². The first-order valence-corrected chi connectivity index (χ1v) is 8.03. The Kier molecular flexibility index (Phi) is 7.05. The van der Waals surface area contributed by atoms with Gasteiger partial charge in [0, 0.05) is 23.1 Å². The van der Waals surface area contributed by atoms with Crippen molar-refractivity contribution in [1.29, 1.82) is 0 Å². The maximum atomic E-state index is 6.11. The van der Waals surface area contributed by atoms with Crippen LogP contribution in [0.25, 0.3) is 0 Å². The second-order valence-corrected chi connectivity index (χ2v) is 6.33. The quantitative estimate of drug-likeness (QED) is 0.776. The summed E-state index contributed by atoms with van der Waals surface area (Å²) in [7, 11) is 2.21. The normalized spacial score (nSPS) is 12.1. The Labute approximate surface area is 126 Å². The largest absolute Gasteiger partial charge is 0.329 e. The zero-order chi connectivity index (χ0) is 14.3. The first-order chi connectivity index (χ1) is 9.07. The van der Waals surface area contributed by atoms with E-state index < -0.39 is 0 Å². The summed E-state index contributed by atoms with van der Waals surface area (Å²) in [6.07, 6.45) is 4.70. The molecule has 0 spiro atoms. The highest BCUT2D eigenvalue weighted by Gasteiger charge is 2.31. The Balaban J connectivity index is 2.84. The van der Waals surface area contributed by atoms with Crippen molar-refractivity contribution in [2.75, 3.05) is 13.6 Å². The van der Waals surface area contributed by atoms with Gasteiger partial charge in [-0.3, -0.25) is 4.90 Å². The molecule has 0 unspecified atom stereocenters. The van der Waals surface area contributed by atoms with Crippen molar-refractivity contribution in [1.82, 2.24) is 4.90 Å². The molecule has 2 N–H and O–H groups in total. The molecule has 0 atom stereocenters. The first-order valence-electron chi connectivity index (χ1n) is 7.23. The van der Waals surface area contributed by atoms with Gasteiger partial charge in [-0.2, -0.15) is 0 Å². The highest BCUT2D eigenvalue weighted by molar-refractivity contribution is 9.10. The van der Waals surface area contributed by atoms with Crippen LogP contribution in [-0.4, -0.2) is 24.0 Å². The average molecular weight is 327 g/mol. The van der Waals surface area contributed by atoms with E-state index >= 15 is 0 Å². The molecule has 0 fully saturated rings. The molecule has 0 bridgehead atoms. The van der Waals surface area contributed by atoms with E-state index in [4.69, 9.17) is 5.73 Å². The molecule has 3 heteroatoms. The molecule has 0 saturated heterocycles. The van der Waals surface area contributed by atoms with Crippen LogP contribution >= 0.6 is 15.9 Å². The van der Waals surface area contributed by atoms with Crippen molar-refractivity contribution < 1.29 is 0 Å². The molecule has 0 aliphatic heterocycles. The third-order valence-electron chi connectivity index (χ3n) is 3.93. The highest BCUT2D eigenvalue weighted by atomic mass is 79.9. The van der Waals surface area contributed by atoms with Gasteiger partial charge in [0.2, 0.25) is 0 Å². The summed E-state index contributed by atoms with van der Waals surface area (Å²) in [6.45, 7) is 6.18. The molecule has 0 aliphatic rings. The molecule has 1 aromatic carbocycles. The van der Waals surface area contributed by atoms with Crippen LogP contribution < -0.4 is 5.73 Å². The van der Waals surface area contributed by atoms with Crippen molar-refractivity contribution in [2.45, 2.75) is 51.6 Å². The second-order valence-electron chi connectivity index (χ2n) is 5.41. The zero-order valence-corrected chi connectivity index (χ0v) is 14.0. The Morgan fingerprint density at radius 3 is 2.32 bits per heavy atom. The summed E-state index contributed by atoms with van der Waals surface area (Å²) in [5, 5.41) is 0. The molecule has 19 heavy (non-hydrogen) atoms. The van der Waals surface area contributed by atoms with Gasteiger partial charge >= 0.3 is 0 Å². The fourth-order valence-electron chi connectivity index (χ4n) is 2.87. The fourth-order valence-corrected chi connectivity index (χ4v) is 3.32. The molecule has 0 amide bonds. The summed E-state index contributed by atoms with van der Waals surface area (Å²) >= 11 is 3.54. The van der Waals surface area contributed by atoms with Crippen LogP contribution in [0, 0.1) is 0 Å². The van der Waals surface area contributed by atoms with Gasteiger partial charge in [0.25, 0.3) is 0 Å². The van der Waals surface area contributed by atoms with Crippen LogP contribution in [-0.2, 0) is 6.54 Å². The molecule has 108 valence electrons. The summed E-state index contributed by atoms with van der Waals surface area (Å²) in [5.41, 5.74) is 7.59. The third kappa shape index (κ3) is 4.59. The molecule has 0 radical (unpaired) electrons. The summed E-state index contributed by atoms with van der Waals surface area (Å²) in [6, 6.07) is 8.53. The van der Waals surface area contributed by atoms with Gasteiger partial charge < -0.3 is 5.73 Å². The first kappa shape index (κ1) is 16.7. The predicted octanol–water partition coefficient (Wildman–Crippen LogP) is 4.18. The number of benzene rings is 1. The molecule has 0 saturated carbocycles. The van der Waals surface area contributed by atoms with E-state index in [1.54, 1.807) is 0 Å². The number of likely N-dealkylation sites (N-methyl/N-ethyl adjacent to an activating group) is 1. The van der Waals surface area contributed by atoms with Crippen LogP contribution in [0.5, 0.6) is 0 Å². The van der Waals surface area contributed by atoms with Crippen LogP contribution in [0.4, 0.5) is 0 Å². The second kappa shape index (κ2) is 8.03. The average Bonchev–Trinajstić information content (AvgIpc) is 2.38. The van der Waals surface area contributed by atoms with Gasteiger partial charge in [0.1, 0.15) is 0 Å². The van der Waals surface area contributed by atoms with Crippen LogP contribution in [0.3, 0.4) is 0 Å². The van der Waals surface area contributed by atoms with Gasteiger partial charge in [-0.05, 0) is 37.6 Å². The monoisotopic (exact) mass is 326 g/mol. The van der Waals surface area contributed by atoms with E-state index in [0.717, 1.165) is 17.6 Å². The molecule has 1 rings (SSSR count). The Hall–Kier alpha value is -0.380. The minimum absolute atomic E-state index is 0.145. The Morgan fingerprint density at radius 1 is 1.21 bits per heavy atom. The molecular formula is C16H27BrN2. The minimum atomic E-state index is 0.145. The summed E-state index contributed by atoms with van der Waals surface area (Å²) in [5.74, 6) is 0. The highest BCUT2D eigenvalue weighted by Crippen LogP contribution is 2.27. The van der Waals surface area contributed by atoms with Crippen LogP contribution in [0.1, 0.15) is 45.1 Å². The van der Waals surface area contributed by atoms with Crippen molar-refractivity contribution >= 4 is 15.9 Å². The van der Waals surface area contributed by atoms with E-state index in [-0.39, 0.29) is 5.54 Å². The lowest BCUT2D eigenvalue weighted by Gasteiger charge is -2.41. The van der Waals surface area contributed by atoms with Crippen molar-refractivity contribution in [2.24, 2.45) is 5.73 Å². The van der Waals surface area contributed by atoms with Crippen molar-refractivity contribution in [3.63, 3.8) is 0 Å². The van der Waals surface area contributed by atoms with E-state index in [1.807, 2.05) is 0 Å². The SMILES string of the molecule is CCCC(CN)(CCC)N(C)Cc1cccc(Br)c1. The lowest BCUT2D eigenvalue weighted by molar-refractivity contribution is 0.0955.